The lowest BCUT2D eigenvalue weighted by molar-refractivity contribution is 0.561. The van der Waals surface area contributed by atoms with Gasteiger partial charge in [0.2, 0.25) is 0 Å². The number of nitrogens with zero attached hydrogens (tertiary/aromatic N) is 1. The summed E-state index contributed by atoms with van der Waals surface area (Å²) in [6.45, 7) is 3.97. The lowest BCUT2D eigenvalue weighted by Gasteiger charge is -1.98. The van der Waals surface area contributed by atoms with Crippen molar-refractivity contribution in [1.82, 2.24) is 4.98 Å². The van der Waals surface area contributed by atoms with Gasteiger partial charge in [-0.1, -0.05) is 29.8 Å². The molecule has 0 aliphatic heterocycles. The predicted molar refractivity (Wildman–Crippen MR) is 61.0 cm³/mol. The van der Waals surface area contributed by atoms with Gasteiger partial charge >= 0.3 is 0 Å². The highest BCUT2D eigenvalue weighted by molar-refractivity contribution is 6.03. The number of aromatic nitrogens is 1. The van der Waals surface area contributed by atoms with E-state index in [4.69, 9.17) is 4.42 Å². The first-order chi connectivity index (χ1) is 7.24. The van der Waals surface area contributed by atoms with Crippen LogP contribution >= 0.6 is 0 Å². The van der Waals surface area contributed by atoms with E-state index in [1.54, 1.807) is 0 Å². The molecule has 1 heterocycles. The van der Waals surface area contributed by atoms with Crippen molar-refractivity contribution in [2.24, 2.45) is 0 Å². The van der Waals surface area contributed by atoms with E-state index in [1.165, 1.54) is 10.9 Å². The number of oxazole rings is 1. The Morgan fingerprint density at radius 1 is 1.07 bits per heavy atom. The van der Waals surface area contributed by atoms with Gasteiger partial charge in [0.25, 0.3) is 0 Å². The van der Waals surface area contributed by atoms with Crippen molar-refractivity contribution in [3.8, 4) is 0 Å². The second-order valence-corrected chi connectivity index (χ2v) is 3.87. The zero-order valence-electron chi connectivity index (χ0n) is 8.74. The smallest absolute Gasteiger partial charge is 0.192 e. The van der Waals surface area contributed by atoms with Gasteiger partial charge in [0.1, 0.15) is 5.52 Å². The highest BCUT2D eigenvalue weighted by Gasteiger charge is 2.06. The normalized spacial score (nSPS) is 11.3. The fourth-order valence-electron chi connectivity index (χ4n) is 1.95. The summed E-state index contributed by atoms with van der Waals surface area (Å²) < 4.78 is 5.50. The Bertz CT molecular complexity index is 652. The molecule has 2 heteroatoms. The molecule has 2 aromatic carbocycles. The number of fused-ring (bicyclic) bond motifs is 3. The van der Waals surface area contributed by atoms with E-state index < -0.39 is 0 Å². The molecule has 0 saturated heterocycles. The summed E-state index contributed by atoms with van der Waals surface area (Å²) in [6, 6.07) is 10.4. The molecule has 0 atom stereocenters. The molecular formula is C13H11NO. The van der Waals surface area contributed by atoms with Crippen molar-refractivity contribution in [3.63, 3.8) is 0 Å². The van der Waals surface area contributed by atoms with Crippen LogP contribution in [0.4, 0.5) is 0 Å². The lowest BCUT2D eigenvalue weighted by atomic mass is 10.1. The number of hydrogen-bond donors (Lipinski definition) is 0. The molecule has 0 bridgehead atoms. The Kier molecular flexibility index (Phi) is 1.60. The van der Waals surface area contributed by atoms with Gasteiger partial charge in [0, 0.05) is 12.3 Å². The number of hydrogen-bond acceptors (Lipinski definition) is 2. The summed E-state index contributed by atoms with van der Waals surface area (Å²) in [5.74, 6) is 0.720. The van der Waals surface area contributed by atoms with Crippen molar-refractivity contribution in [2.75, 3.05) is 0 Å². The molecular weight excluding hydrogens is 186 g/mol. The minimum atomic E-state index is 0.720. The third-order valence-electron chi connectivity index (χ3n) is 2.64. The minimum absolute atomic E-state index is 0.720. The maximum absolute atomic E-state index is 5.50. The summed E-state index contributed by atoms with van der Waals surface area (Å²) in [4.78, 5) is 4.40. The summed E-state index contributed by atoms with van der Waals surface area (Å²) in [6.07, 6.45) is 0. The van der Waals surface area contributed by atoms with Crippen molar-refractivity contribution in [2.45, 2.75) is 13.8 Å². The monoisotopic (exact) mass is 197 g/mol. The molecule has 15 heavy (non-hydrogen) atoms. The van der Waals surface area contributed by atoms with Crippen LogP contribution < -0.4 is 0 Å². The zero-order chi connectivity index (χ0) is 10.4. The average Bonchev–Trinajstić information content (AvgIpc) is 2.58. The van der Waals surface area contributed by atoms with Gasteiger partial charge < -0.3 is 4.42 Å². The number of aryl methyl sites for hydroxylation is 2. The zero-order valence-corrected chi connectivity index (χ0v) is 8.74. The van der Waals surface area contributed by atoms with E-state index in [9.17, 15) is 0 Å². The highest BCUT2D eigenvalue weighted by Crippen LogP contribution is 2.25. The lowest BCUT2D eigenvalue weighted by Crippen LogP contribution is -1.77. The SMILES string of the molecule is Cc1ccc2c(ccc3oc(C)nc32)c1. The first-order valence-corrected chi connectivity index (χ1v) is 5.00. The third-order valence-corrected chi connectivity index (χ3v) is 2.64. The number of rotatable bonds is 0. The van der Waals surface area contributed by atoms with Gasteiger partial charge in [-0.3, -0.25) is 0 Å². The summed E-state index contributed by atoms with van der Waals surface area (Å²) >= 11 is 0. The Hall–Kier alpha value is -1.83. The van der Waals surface area contributed by atoms with Crippen LogP contribution in [0, 0.1) is 13.8 Å². The van der Waals surface area contributed by atoms with Crippen LogP contribution in [0.15, 0.2) is 34.7 Å². The van der Waals surface area contributed by atoms with Gasteiger partial charge in [-0.25, -0.2) is 4.98 Å². The maximum Gasteiger partial charge on any atom is 0.192 e. The van der Waals surface area contributed by atoms with Gasteiger partial charge in [-0.2, -0.15) is 0 Å². The Morgan fingerprint density at radius 3 is 2.80 bits per heavy atom. The van der Waals surface area contributed by atoms with Crippen molar-refractivity contribution < 1.29 is 4.42 Å². The summed E-state index contributed by atoms with van der Waals surface area (Å²) in [5, 5.41) is 2.38. The topological polar surface area (TPSA) is 26.0 Å². The van der Waals surface area contributed by atoms with E-state index in [0.29, 0.717) is 0 Å². The molecule has 3 aromatic rings. The van der Waals surface area contributed by atoms with Crippen molar-refractivity contribution >= 4 is 21.9 Å². The summed E-state index contributed by atoms with van der Waals surface area (Å²) in [7, 11) is 0. The minimum Gasteiger partial charge on any atom is -0.441 e. The van der Waals surface area contributed by atoms with Gasteiger partial charge in [0.05, 0.1) is 0 Å². The molecule has 0 aliphatic rings. The van der Waals surface area contributed by atoms with Crippen LogP contribution in [0.3, 0.4) is 0 Å². The molecule has 0 amide bonds. The van der Waals surface area contributed by atoms with E-state index in [0.717, 1.165) is 22.4 Å². The second-order valence-electron chi connectivity index (χ2n) is 3.87. The van der Waals surface area contributed by atoms with Crippen LogP contribution in [0.5, 0.6) is 0 Å². The Balaban J connectivity index is 2.53. The predicted octanol–water partition coefficient (Wildman–Crippen LogP) is 3.60. The first-order valence-electron chi connectivity index (χ1n) is 5.00. The van der Waals surface area contributed by atoms with Gasteiger partial charge in [-0.15, -0.1) is 0 Å². The molecule has 0 saturated carbocycles. The van der Waals surface area contributed by atoms with E-state index >= 15 is 0 Å². The van der Waals surface area contributed by atoms with Crippen molar-refractivity contribution in [1.29, 1.82) is 0 Å². The second kappa shape index (κ2) is 2.83. The fourth-order valence-corrected chi connectivity index (χ4v) is 1.95. The fraction of sp³-hybridized carbons (Fsp3) is 0.154. The Morgan fingerprint density at radius 2 is 1.93 bits per heavy atom. The average molecular weight is 197 g/mol. The highest BCUT2D eigenvalue weighted by atomic mass is 16.3. The number of benzene rings is 2. The van der Waals surface area contributed by atoms with Crippen LogP contribution in [-0.4, -0.2) is 4.98 Å². The molecule has 3 rings (SSSR count). The molecule has 0 unspecified atom stereocenters. The van der Waals surface area contributed by atoms with Crippen molar-refractivity contribution in [3.05, 3.63) is 41.8 Å². The third kappa shape index (κ3) is 1.22. The van der Waals surface area contributed by atoms with E-state index in [1.807, 2.05) is 13.0 Å². The van der Waals surface area contributed by atoms with Gasteiger partial charge in [-0.05, 0) is 18.4 Å². The molecule has 1 aromatic heterocycles. The maximum atomic E-state index is 5.50. The van der Waals surface area contributed by atoms with E-state index in [2.05, 4.69) is 36.2 Å². The standard InChI is InChI=1S/C13H11NO/c1-8-3-5-11-10(7-8)4-6-12-13(11)14-9(2)15-12/h3-7H,1-2H3. The molecule has 0 fully saturated rings. The molecule has 0 radical (unpaired) electrons. The molecule has 0 N–H and O–H groups in total. The first kappa shape index (κ1) is 8.48. The van der Waals surface area contributed by atoms with Gasteiger partial charge in [0.15, 0.2) is 11.5 Å². The Labute approximate surface area is 87.5 Å². The van der Waals surface area contributed by atoms with Crippen LogP contribution in [0.2, 0.25) is 0 Å². The molecule has 2 nitrogen and oxygen atoms in total. The molecule has 0 spiro atoms. The quantitative estimate of drug-likeness (QED) is 0.550. The largest absolute Gasteiger partial charge is 0.441 e. The van der Waals surface area contributed by atoms with E-state index in [-0.39, 0.29) is 0 Å². The summed E-state index contributed by atoms with van der Waals surface area (Å²) in [5.41, 5.74) is 3.09. The molecule has 0 aliphatic carbocycles. The molecule has 74 valence electrons. The van der Waals surface area contributed by atoms with Crippen LogP contribution in [0.25, 0.3) is 21.9 Å². The van der Waals surface area contributed by atoms with Crippen LogP contribution in [0.1, 0.15) is 11.5 Å². The van der Waals surface area contributed by atoms with Crippen LogP contribution in [-0.2, 0) is 0 Å².